The summed E-state index contributed by atoms with van der Waals surface area (Å²) in [6.07, 6.45) is 1.44. The van der Waals surface area contributed by atoms with Crippen molar-refractivity contribution in [2.24, 2.45) is 0 Å². The molecular weight excluding hydrogens is 455 g/mol. The van der Waals surface area contributed by atoms with Crippen molar-refractivity contribution in [3.05, 3.63) is 82.0 Å². The Balaban J connectivity index is 1.72. The Morgan fingerprint density at radius 1 is 0.903 bits per heavy atom. The van der Waals surface area contributed by atoms with Crippen molar-refractivity contribution >= 4 is 64.1 Å². The van der Waals surface area contributed by atoms with Gasteiger partial charge in [-0.3, -0.25) is 19.4 Å². The molecule has 1 aliphatic heterocycles. The van der Waals surface area contributed by atoms with E-state index < -0.39 is 11.8 Å². The Hall–Kier alpha value is -2.93. The minimum absolute atomic E-state index is 0.0394. The average Bonchev–Trinajstić information content (AvgIpc) is 3.22. The maximum Gasteiger partial charge on any atom is 0.270 e. The summed E-state index contributed by atoms with van der Waals surface area (Å²) >= 11 is 17.3. The summed E-state index contributed by atoms with van der Waals surface area (Å²) < 4.78 is 5.85. The number of amides is 2. The van der Waals surface area contributed by atoms with Crippen LogP contribution in [0.1, 0.15) is 12.7 Å². The number of hydrogen-bond acceptors (Lipinski definition) is 4. The molecule has 2 heterocycles. The topological polar surface area (TPSA) is 53.8 Å². The van der Waals surface area contributed by atoms with Gasteiger partial charge in [-0.1, -0.05) is 23.2 Å². The number of anilines is 1. The van der Waals surface area contributed by atoms with Crippen LogP contribution in [0.4, 0.5) is 5.69 Å². The van der Waals surface area contributed by atoms with Crippen molar-refractivity contribution in [3.63, 3.8) is 0 Å². The Bertz CT molecular complexity index is 1200. The van der Waals surface area contributed by atoms with Gasteiger partial charge in [-0.05, 0) is 85.9 Å². The summed E-state index contributed by atoms with van der Waals surface area (Å²) in [5.41, 5.74) is 1.31. The van der Waals surface area contributed by atoms with E-state index in [1.807, 2.05) is 12.1 Å². The van der Waals surface area contributed by atoms with Gasteiger partial charge in [0.15, 0.2) is 5.11 Å². The minimum atomic E-state index is -0.522. The molecule has 1 fully saturated rings. The van der Waals surface area contributed by atoms with E-state index in [-0.39, 0.29) is 10.7 Å². The normalized spacial score (nSPS) is 15.8. The van der Waals surface area contributed by atoms with Crippen molar-refractivity contribution in [1.82, 2.24) is 4.90 Å². The van der Waals surface area contributed by atoms with Gasteiger partial charge in [-0.15, -0.1) is 0 Å². The molecule has 8 heteroatoms. The fraction of sp³-hybridized carbons (Fsp3) is 0.0870. The molecule has 1 aliphatic rings. The molecule has 3 aromatic rings. The lowest BCUT2D eigenvalue weighted by Crippen LogP contribution is -2.56. The monoisotopic (exact) mass is 470 g/mol. The zero-order chi connectivity index (χ0) is 22.1. The van der Waals surface area contributed by atoms with Gasteiger partial charge in [0.05, 0.1) is 5.69 Å². The van der Waals surface area contributed by atoms with Crippen molar-refractivity contribution in [2.75, 3.05) is 11.4 Å². The fourth-order valence-corrected chi connectivity index (χ4v) is 3.87. The van der Waals surface area contributed by atoms with Crippen LogP contribution in [0.2, 0.25) is 10.0 Å². The highest BCUT2D eigenvalue weighted by molar-refractivity contribution is 7.80. The largest absolute Gasteiger partial charge is 0.457 e. The third kappa shape index (κ3) is 4.14. The second kappa shape index (κ2) is 8.67. The van der Waals surface area contributed by atoms with E-state index in [1.54, 1.807) is 55.5 Å². The highest BCUT2D eigenvalue weighted by Gasteiger charge is 2.39. The maximum atomic E-state index is 13.2. The highest BCUT2D eigenvalue weighted by atomic mass is 35.5. The lowest BCUT2D eigenvalue weighted by atomic mass is 10.1. The van der Waals surface area contributed by atoms with E-state index in [0.717, 1.165) is 5.56 Å². The number of carbonyl (C=O) groups excluding carboxylic acids is 2. The summed E-state index contributed by atoms with van der Waals surface area (Å²) in [6, 6.07) is 17.3. The first-order chi connectivity index (χ1) is 14.9. The second-order valence-electron chi connectivity index (χ2n) is 6.72. The number of benzene rings is 2. The molecule has 0 aliphatic carbocycles. The first-order valence-electron chi connectivity index (χ1n) is 9.42. The number of carbonyl (C=O) groups is 2. The number of thiocarbonyl (C=S) groups is 1. The van der Waals surface area contributed by atoms with Crippen LogP contribution < -0.4 is 4.90 Å². The molecule has 5 nitrogen and oxygen atoms in total. The van der Waals surface area contributed by atoms with Crippen molar-refractivity contribution in [3.8, 4) is 11.3 Å². The van der Waals surface area contributed by atoms with Crippen LogP contribution in [-0.2, 0) is 9.59 Å². The highest BCUT2D eigenvalue weighted by Crippen LogP contribution is 2.29. The zero-order valence-corrected chi connectivity index (χ0v) is 18.7. The van der Waals surface area contributed by atoms with E-state index in [2.05, 4.69) is 0 Å². The minimum Gasteiger partial charge on any atom is -0.457 e. The van der Waals surface area contributed by atoms with Crippen LogP contribution in [0, 0.1) is 0 Å². The van der Waals surface area contributed by atoms with Crippen LogP contribution in [-0.4, -0.2) is 28.4 Å². The van der Waals surface area contributed by atoms with Crippen LogP contribution in [0.25, 0.3) is 17.4 Å². The molecule has 2 amide bonds. The van der Waals surface area contributed by atoms with Crippen molar-refractivity contribution in [1.29, 1.82) is 0 Å². The molecule has 0 N–H and O–H groups in total. The first kappa shape index (κ1) is 21.3. The lowest BCUT2D eigenvalue weighted by molar-refractivity contribution is -0.127. The molecule has 1 saturated heterocycles. The molecule has 2 aromatic carbocycles. The van der Waals surface area contributed by atoms with E-state index in [1.165, 1.54) is 15.9 Å². The van der Waals surface area contributed by atoms with Gasteiger partial charge in [0.1, 0.15) is 17.1 Å². The van der Waals surface area contributed by atoms with Crippen molar-refractivity contribution < 1.29 is 14.0 Å². The smallest absolute Gasteiger partial charge is 0.270 e. The number of nitrogens with zero attached hydrogens (tertiary/aromatic N) is 2. The summed E-state index contributed by atoms with van der Waals surface area (Å²) in [4.78, 5) is 28.9. The molecule has 1 aromatic heterocycles. The zero-order valence-electron chi connectivity index (χ0n) is 16.3. The maximum absolute atomic E-state index is 13.2. The molecule has 0 radical (unpaired) electrons. The summed E-state index contributed by atoms with van der Waals surface area (Å²) in [5.74, 6) is -0.0168. The van der Waals surface area contributed by atoms with E-state index in [9.17, 15) is 9.59 Å². The van der Waals surface area contributed by atoms with Gasteiger partial charge in [0.25, 0.3) is 11.8 Å². The number of hydrogen-bond donors (Lipinski definition) is 0. The number of halogens is 2. The third-order valence-electron chi connectivity index (χ3n) is 4.77. The fourth-order valence-electron chi connectivity index (χ4n) is 3.21. The van der Waals surface area contributed by atoms with Gasteiger partial charge in [-0.25, -0.2) is 0 Å². The van der Waals surface area contributed by atoms with Crippen LogP contribution in [0.3, 0.4) is 0 Å². The number of likely N-dealkylation sites (N-methyl/N-ethyl adjacent to an activating group) is 1. The average molecular weight is 471 g/mol. The Kier molecular flexibility index (Phi) is 5.96. The van der Waals surface area contributed by atoms with Gasteiger partial charge in [-0.2, -0.15) is 0 Å². The molecule has 0 saturated carbocycles. The van der Waals surface area contributed by atoms with Crippen LogP contribution >= 0.6 is 35.4 Å². The Labute approximate surface area is 194 Å². The molecule has 4 rings (SSSR count). The summed E-state index contributed by atoms with van der Waals surface area (Å²) in [6.45, 7) is 2.11. The third-order valence-corrected chi connectivity index (χ3v) is 5.68. The SMILES string of the molecule is CCN1C(=O)/C(=C\c2ccc(-c3ccc(Cl)cc3)o2)C(=O)N(c2ccc(Cl)cc2)C1=S. The Morgan fingerprint density at radius 3 is 2.13 bits per heavy atom. The van der Waals surface area contributed by atoms with Gasteiger partial charge >= 0.3 is 0 Å². The predicted octanol–water partition coefficient (Wildman–Crippen LogP) is 5.82. The van der Waals surface area contributed by atoms with Crippen LogP contribution in [0.5, 0.6) is 0 Å². The standard InChI is InChI=1S/C23H16Cl2N2O3S/c1-2-26-21(28)19(22(29)27(23(26)31)17-9-7-16(25)8-10-17)13-18-11-12-20(30-18)14-3-5-15(24)6-4-14/h3-13H,2H2,1H3/b19-13+. The number of rotatable bonds is 4. The summed E-state index contributed by atoms with van der Waals surface area (Å²) in [7, 11) is 0. The van der Waals surface area contributed by atoms with Crippen LogP contribution in [0.15, 0.2) is 70.7 Å². The Morgan fingerprint density at radius 2 is 1.52 bits per heavy atom. The quantitative estimate of drug-likeness (QED) is 0.274. The van der Waals surface area contributed by atoms with E-state index >= 15 is 0 Å². The molecular formula is C23H16Cl2N2O3S. The number of furan rings is 1. The van der Waals surface area contributed by atoms with E-state index in [0.29, 0.717) is 33.8 Å². The molecule has 156 valence electrons. The lowest BCUT2D eigenvalue weighted by Gasteiger charge is -2.35. The molecule has 0 atom stereocenters. The predicted molar refractivity (Wildman–Crippen MR) is 126 cm³/mol. The first-order valence-corrected chi connectivity index (χ1v) is 10.6. The molecule has 0 bridgehead atoms. The van der Waals surface area contributed by atoms with Gasteiger partial charge in [0, 0.05) is 22.2 Å². The molecule has 0 spiro atoms. The van der Waals surface area contributed by atoms with Gasteiger partial charge < -0.3 is 4.42 Å². The summed E-state index contributed by atoms with van der Waals surface area (Å²) in [5, 5.41) is 1.27. The van der Waals surface area contributed by atoms with Crippen molar-refractivity contribution in [2.45, 2.75) is 6.92 Å². The van der Waals surface area contributed by atoms with Gasteiger partial charge in [0.2, 0.25) is 0 Å². The molecule has 31 heavy (non-hydrogen) atoms. The molecule has 0 unspecified atom stereocenters. The van der Waals surface area contributed by atoms with E-state index in [4.69, 9.17) is 39.8 Å². The second-order valence-corrected chi connectivity index (χ2v) is 7.95.